The van der Waals surface area contributed by atoms with E-state index in [2.05, 4.69) is 4.18 Å². The van der Waals surface area contributed by atoms with Crippen LogP contribution in [0.2, 0.25) is 0 Å². The summed E-state index contributed by atoms with van der Waals surface area (Å²) in [5.41, 5.74) is 0. The Labute approximate surface area is 61.5 Å². The Morgan fingerprint density at radius 1 is 1.80 bits per heavy atom. The van der Waals surface area contributed by atoms with Crippen LogP contribution < -0.4 is 0 Å². The lowest BCUT2D eigenvalue weighted by Gasteiger charge is -1.86. The van der Waals surface area contributed by atoms with E-state index in [1.807, 2.05) is 0 Å². The fraction of sp³-hybridized carbons (Fsp3) is 0.250. The van der Waals surface area contributed by atoms with Crippen molar-refractivity contribution in [3.8, 4) is 0 Å². The molecule has 6 heteroatoms. The number of rotatable bonds is 3. The molecule has 0 amide bonds. The van der Waals surface area contributed by atoms with Crippen LogP contribution in [0.15, 0.2) is 12.2 Å². The van der Waals surface area contributed by atoms with Crippen molar-refractivity contribution in [2.45, 2.75) is 6.92 Å². The summed E-state index contributed by atoms with van der Waals surface area (Å²) in [6.07, 6.45) is 2.53. The van der Waals surface area contributed by atoms with Gasteiger partial charge in [-0.2, -0.15) is 0 Å². The van der Waals surface area contributed by atoms with Crippen molar-refractivity contribution >= 4 is 18.2 Å². The fourth-order valence-corrected chi connectivity index (χ4v) is 0.421. The van der Waals surface area contributed by atoms with E-state index in [0.29, 0.717) is 0 Å². The summed E-state index contributed by atoms with van der Waals surface area (Å²) in [7, 11) is 0. The minimum Gasteiger partial charge on any atom is -0.326 e. The summed E-state index contributed by atoms with van der Waals surface area (Å²) < 4.78 is 3.23. The Balaban J connectivity index is 3.50. The van der Waals surface area contributed by atoms with Gasteiger partial charge in [-0.25, -0.2) is 14.9 Å². The Kier molecular flexibility index (Phi) is 4.30. The quantitative estimate of drug-likeness (QED) is 0.203. The van der Waals surface area contributed by atoms with Crippen molar-refractivity contribution in [1.82, 2.24) is 0 Å². The molecule has 0 aliphatic rings. The molecule has 0 spiro atoms. The summed E-state index contributed by atoms with van der Waals surface area (Å²) in [6.45, 7) is 1.61. The molecule has 0 aliphatic heterocycles. The van der Waals surface area contributed by atoms with Crippen LogP contribution in [-0.2, 0) is 8.98 Å². The summed E-state index contributed by atoms with van der Waals surface area (Å²) in [4.78, 5) is 19.9. The number of nitrogens with zero attached hydrogens (tertiary/aromatic N) is 1. The van der Waals surface area contributed by atoms with Gasteiger partial charge < -0.3 is 4.18 Å². The standard InChI is InChI=1S/C4H5NO4S/c1-2-3-4(6)9-10-5(7)8/h2-3H,1H3. The van der Waals surface area contributed by atoms with Crippen molar-refractivity contribution in [3.05, 3.63) is 22.3 Å². The average Bonchev–Trinajstić information content (AvgIpc) is 1.85. The van der Waals surface area contributed by atoms with Crippen LogP contribution in [0.5, 0.6) is 0 Å². The van der Waals surface area contributed by atoms with Crippen molar-refractivity contribution in [2.75, 3.05) is 0 Å². The summed E-state index contributed by atoms with van der Waals surface area (Å²) in [6, 6.07) is 0. The van der Waals surface area contributed by atoms with Crippen LogP contribution in [0.3, 0.4) is 0 Å². The SMILES string of the molecule is CC=CC(=O)OS[N+](=O)[O-]. The lowest BCUT2D eigenvalue weighted by atomic mass is 10.5. The van der Waals surface area contributed by atoms with E-state index in [0.717, 1.165) is 6.08 Å². The maximum absolute atomic E-state index is 10.3. The van der Waals surface area contributed by atoms with Crippen LogP contribution in [0.4, 0.5) is 0 Å². The Bertz CT molecular complexity index is 167. The molecular weight excluding hydrogens is 158 g/mol. The third-order valence-corrected chi connectivity index (χ3v) is 0.844. The molecule has 0 rings (SSSR count). The number of nitro groups is 1. The second-order valence-corrected chi connectivity index (χ2v) is 1.81. The molecule has 0 bridgehead atoms. The normalized spacial score (nSPS) is 9.70. The van der Waals surface area contributed by atoms with Gasteiger partial charge >= 0.3 is 18.2 Å². The topological polar surface area (TPSA) is 69.4 Å². The maximum Gasteiger partial charge on any atom is 0.471 e. The molecule has 0 aromatic rings. The highest BCUT2D eigenvalue weighted by molar-refractivity contribution is 7.88. The molecule has 10 heavy (non-hydrogen) atoms. The third-order valence-electron chi connectivity index (χ3n) is 0.483. The predicted octanol–water partition coefficient (Wildman–Crippen LogP) is 0.946. The van der Waals surface area contributed by atoms with Gasteiger partial charge in [-0.15, -0.1) is 0 Å². The fourth-order valence-electron chi connectivity index (χ4n) is 0.231. The Morgan fingerprint density at radius 2 is 2.40 bits per heavy atom. The first-order valence-electron chi connectivity index (χ1n) is 2.32. The van der Waals surface area contributed by atoms with Gasteiger partial charge in [-0.05, 0) is 6.92 Å². The van der Waals surface area contributed by atoms with Crippen molar-refractivity contribution in [3.63, 3.8) is 0 Å². The van der Waals surface area contributed by atoms with Crippen LogP contribution in [0.1, 0.15) is 6.92 Å². The molecule has 0 aromatic carbocycles. The minimum atomic E-state index is -0.804. The molecule has 0 N–H and O–H groups in total. The number of allylic oxidation sites excluding steroid dienone is 1. The highest BCUT2D eigenvalue weighted by Crippen LogP contribution is 2.02. The molecule has 0 atom stereocenters. The molecule has 56 valence electrons. The number of hydrogen-bond donors (Lipinski definition) is 0. The van der Waals surface area contributed by atoms with Gasteiger partial charge in [0, 0.05) is 6.08 Å². The first-order valence-corrected chi connectivity index (χ1v) is 3.02. The van der Waals surface area contributed by atoms with Gasteiger partial charge in [-0.1, -0.05) is 6.08 Å². The van der Waals surface area contributed by atoms with Crippen LogP contribution >= 0.6 is 12.2 Å². The van der Waals surface area contributed by atoms with E-state index in [-0.39, 0.29) is 12.2 Å². The van der Waals surface area contributed by atoms with Crippen molar-refractivity contribution in [2.24, 2.45) is 0 Å². The molecule has 0 saturated carbocycles. The number of hydrogen-bond acceptors (Lipinski definition) is 5. The van der Waals surface area contributed by atoms with Gasteiger partial charge in [0.25, 0.3) is 0 Å². The summed E-state index contributed by atoms with van der Waals surface area (Å²) >= 11 is -0.0993. The summed E-state index contributed by atoms with van der Waals surface area (Å²) in [5.74, 6) is -0.732. The second kappa shape index (κ2) is 4.80. The molecule has 0 aliphatic carbocycles. The zero-order valence-electron chi connectivity index (χ0n) is 5.14. The van der Waals surface area contributed by atoms with E-state index in [1.165, 1.54) is 6.08 Å². The molecule has 0 heterocycles. The predicted molar refractivity (Wildman–Crippen MR) is 35.5 cm³/mol. The monoisotopic (exact) mass is 163 g/mol. The highest BCUT2D eigenvalue weighted by atomic mass is 32.2. The zero-order chi connectivity index (χ0) is 7.98. The molecule has 0 unspecified atom stereocenters. The largest absolute Gasteiger partial charge is 0.471 e. The Hall–Kier alpha value is -1.04. The smallest absolute Gasteiger partial charge is 0.326 e. The highest BCUT2D eigenvalue weighted by Gasteiger charge is 2.06. The lowest BCUT2D eigenvalue weighted by molar-refractivity contribution is -0.293. The van der Waals surface area contributed by atoms with Gasteiger partial charge in [0.2, 0.25) is 0 Å². The second-order valence-electron chi connectivity index (χ2n) is 1.20. The molecule has 5 nitrogen and oxygen atoms in total. The van der Waals surface area contributed by atoms with Crippen LogP contribution in [-0.4, -0.2) is 10.3 Å². The van der Waals surface area contributed by atoms with E-state index in [9.17, 15) is 14.9 Å². The number of carbonyl (C=O) groups excluding carboxylic acids is 1. The lowest BCUT2D eigenvalue weighted by Crippen LogP contribution is -1.95. The average molecular weight is 163 g/mol. The first kappa shape index (κ1) is 8.96. The molecule has 0 saturated heterocycles. The molecular formula is C4H5NO4S. The van der Waals surface area contributed by atoms with Crippen LogP contribution in [0, 0.1) is 10.1 Å². The van der Waals surface area contributed by atoms with Crippen molar-refractivity contribution < 1.29 is 13.3 Å². The van der Waals surface area contributed by atoms with Gasteiger partial charge in [0.15, 0.2) is 0 Å². The first-order chi connectivity index (χ1) is 4.66. The molecule has 0 aromatic heterocycles. The molecule has 0 radical (unpaired) electrons. The van der Waals surface area contributed by atoms with E-state index in [4.69, 9.17) is 0 Å². The third kappa shape index (κ3) is 5.10. The van der Waals surface area contributed by atoms with Gasteiger partial charge in [0.1, 0.15) is 4.33 Å². The maximum atomic E-state index is 10.3. The van der Waals surface area contributed by atoms with E-state index >= 15 is 0 Å². The van der Waals surface area contributed by atoms with Gasteiger partial charge in [-0.3, -0.25) is 0 Å². The van der Waals surface area contributed by atoms with Gasteiger partial charge in [0.05, 0.1) is 0 Å². The van der Waals surface area contributed by atoms with Crippen molar-refractivity contribution in [1.29, 1.82) is 0 Å². The Morgan fingerprint density at radius 3 is 2.80 bits per heavy atom. The van der Waals surface area contributed by atoms with E-state index in [1.54, 1.807) is 6.92 Å². The minimum absolute atomic E-state index is 0.0993. The van der Waals surface area contributed by atoms with E-state index < -0.39 is 10.3 Å². The number of carbonyl (C=O) groups is 1. The zero-order valence-corrected chi connectivity index (χ0v) is 5.96. The van der Waals surface area contributed by atoms with Crippen LogP contribution in [0.25, 0.3) is 0 Å². The molecule has 0 fully saturated rings. The summed E-state index contributed by atoms with van der Waals surface area (Å²) in [5, 5.41) is 9.58.